The average molecular weight is 101 g/mol. The minimum atomic E-state index is 0. The molecule has 0 atom stereocenters. The van der Waals surface area contributed by atoms with Gasteiger partial charge in [0.25, 0.3) is 0 Å². The number of rotatable bonds is 1. The molecular weight excluding hydrogens is 91.0 g/mol. The molecule has 0 aromatic rings. The van der Waals surface area contributed by atoms with Crippen LogP contribution in [0.15, 0.2) is 23.8 Å². The molecule has 0 amide bonds. The van der Waals surface area contributed by atoms with E-state index in [9.17, 15) is 0 Å². The van der Waals surface area contributed by atoms with Gasteiger partial charge >= 0.3 is 0 Å². The van der Waals surface area contributed by atoms with Gasteiger partial charge in [-0.15, -0.1) is 0 Å². The fourth-order valence-corrected chi connectivity index (χ4v) is 0.754. The van der Waals surface area contributed by atoms with Gasteiger partial charge in [-0.2, -0.15) is 0 Å². The van der Waals surface area contributed by atoms with E-state index in [-0.39, 0.29) is 18.9 Å². The first-order valence-corrected chi connectivity index (χ1v) is 2.78. The van der Waals surface area contributed by atoms with E-state index in [1.54, 1.807) is 5.57 Å². The molecule has 0 aromatic heterocycles. The van der Waals surface area contributed by atoms with E-state index in [1.165, 1.54) is 12.8 Å². The van der Waals surface area contributed by atoms with Crippen LogP contribution < -0.4 is 0 Å². The van der Waals surface area contributed by atoms with Crippen LogP contribution in [-0.4, -0.2) is 18.9 Å². The fraction of sp³-hybridized carbons (Fsp3) is 0.429. The predicted molar refractivity (Wildman–Crippen MR) is 37.9 cm³/mol. The van der Waals surface area contributed by atoms with Crippen LogP contribution in [0.4, 0.5) is 0 Å². The van der Waals surface area contributed by atoms with Crippen LogP contribution in [-0.2, 0) is 0 Å². The molecule has 1 rings (SSSR count). The van der Waals surface area contributed by atoms with Gasteiger partial charge in [-0.1, -0.05) is 30.7 Å². The predicted octanol–water partition coefficient (Wildman–Crippen LogP) is 1.90. The second kappa shape index (κ2) is 4.01. The van der Waals surface area contributed by atoms with Gasteiger partial charge in [0.15, 0.2) is 0 Å². The summed E-state index contributed by atoms with van der Waals surface area (Å²) in [7, 11) is 0. The van der Waals surface area contributed by atoms with Crippen molar-refractivity contribution in [2.45, 2.75) is 19.8 Å². The van der Waals surface area contributed by atoms with Crippen molar-refractivity contribution in [2.75, 3.05) is 0 Å². The zero-order chi connectivity index (χ0) is 5.11. The number of hydrogen-bond acceptors (Lipinski definition) is 0. The van der Waals surface area contributed by atoms with E-state index >= 15 is 0 Å². The summed E-state index contributed by atoms with van der Waals surface area (Å²) in [5.41, 5.74) is 1.56. The van der Waals surface area contributed by atoms with Crippen molar-refractivity contribution >= 4 is 18.9 Å². The second-order valence-corrected chi connectivity index (χ2v) is 1.81. The molecule has 1 heteroatoms. The quantitative estimate of drug-likeness (QED) is 0.442. The average Bonchev–Trinajstić information content (AvgIpc) is 2.14. The maximum absolute atomic E-state index is 2.19. The summed E-state index contributed by atoms with van der Waals surface area (Å²) in [5.74, 6) is 0. The van der Waals surface area contributed by atoms with E-state index < -0.39 is 0 Å². The normalized spacial score (nSPS) is 15.4. The van der Waals surface area contributed by atoms with Gasteiger partial charge in [-0.25, -0.2) is 0 Å². The molecule has 0 bridgehead atoms. The summed E-state index contributed by atoms with van der Waals surface area (Å²) < 4.78 is 0. The van der Waals surface area contributed by atoms with Crippen molar-refractivity contribution in [1.29, 1.82) is 0 Å². The minimum absolute atomic E-state index is 0. The van der Waals surface area contributed by atoms with Crippen LogP contribution in [0.1, 0.15) is 19.8 Å². The molecule has 1 radical (unpaired) electrons. The monoisotopic (exact) mass is 101 g/mol. The number of hydrogen-bond donors (Lipinski definition) is 0. The topological polar surface area (TPSA) is 0 Å². The van der Waals surface area contributed by atoms with Crippen molar-refractivity contribution in [1.82, 2.24) is 0 Å². The van der Waals surface area contributed by atoms with Crippen LogP contribution >= 0.6 is 0 Å². The molecule has 1 aliphatic rings. The first kappa shape index (κ1) is 8.08. The van der Waals surface area contributed by atoms with Crippen molar-refractivity contribution < 1.29 is 0 Å². The fourth-order valence-electron chi connectivity index (χ4n) is 0.754. The second-order valence-electron chi connectivity index (χ2n) is 1.81. The van der Waals surface area contributed by atoms with Crippen LogP contribution in [0, 0.1) is 0 Å². The maximum Gasteiger partial charge on any atom is 0 e. The summed E-state index contributed by atoms with van der Waals surface area (Å²) in [4.78, 5) is 0. The Hall–Kier alpha value is 0.0774. The van der Waals surface area contributed by atoms with Gasteiger partial charge in [0.2, 0.25) is 0 Å². The summed E-state index contributed by atoms with van der Waals surface area (Å²) in [6, 6.07) is 0. The Kier molecular flexibility index (Phi) is 4.05. The molecule has 0 aromatic carbocycles. The molecule has 0 nitrogen and oxygen atoms in total. The zero-order valence-corrected chi connectivity index (χ0v) is 5.65. The zero-order valence-electron chi connectivity index (χ0n) is 5.65. The number of allylic oxidation sites excluding steroid dienone is 4. The molecule has 0 N–H and O–H groups in total. The van der Waals surface area contributed by atoms with E-state index in [0.29, 0.717) is 0 Å². The molecule has 0 heterocycles. The van der Waals surface area contributed by atoms with Crippen molar-refractivity contribution in [3.63, 3.8) is 0 Å². The standard InChI is InChI=1S/C7H10.Li/c1-2-7-5-3-4-6-7;/h3-5H,2,6H2,1H3;. The van der Waals surface area contributed by atoms with Gasteiger partial charge in [-0.05, 0) is 12.8 Å². The summed E-state index contributed by atoms with van der Waals surface area (Å²) >= 11 is 0. The van der Waals surface area contributed by atoms with E-state index in [1.807, 2.05) is 0 Å². The molecule has 0 saturated heterocycles. The van der Waals surface area contributed by atoms with Gasteiger partial charge < -0.3 is 0 Å². The Bertz CT molecular complexity index is 112. The summed E-state index contributed by atoms with van der Waals surface area (Å²) in [6.45, 7) is 2.19. The largest absolute Gasteiger partial charge is 0.0805 e. The first-order valence-electron chi connectivity index (χ1n) is 2.78. The van der Waals surface area contributed by atoms with Crippen molar-refractivity contribution in [3.05, 3.63) is 23.8 Å². The van der Waals surface area contributed by atoms with Gasteiger partial charge in [-0.3, -0.25) is 0 Å². The molecule has 0 spiro atoms. The van der Waals surface area contributed by atoms with Crippen molar-refractivity contribution in [3.8, 4) is 0 Å². The maximum atomic E-state index is 2.19. The third-order valence-corrected chi connectivity index (χ3v) is 1.30. The molecule has 8 heavy (non-hydrogen) atoms. The van der Waals surface area contributed by atoms with Gasteiger partial charge in [0.1, 0.15) is 0 Å². The van der Waals surface area contributed by atoms with E-state index in [4.69, 9.17) is 0 Å². The summed E-state index contributed by atoms with van der Waals surface area (Å²) in [5, 5.41) is 0. The Morgan fingerprint density at radius 2 is 2.38 bits per heavy atom. The van der Waals surface area contributed by atoms with Gasteiger partial charge in [0, 0.05) is 18.9 Å². The van der Waals surface area contributed by atoms with E-state index in [2.05, 4.69) is 25.2 Å². The van der Waals surface area contributed by atoms with E-state index in [0.717, 1.165) is 0 Å². The molecule has 39 valence electrons. The van der Waals surface area contributed by atoms with Crippen molar-refractivity contribution in [2.24, 2.45) is 0 Å². The van der Waals surface area contributed by atoms with Gasteiger partial charge in [0.05, 0.1) is 0 Å². The third-order valence-electron chi connectivity index (χ3n) is 1.30. The Balaban J connectivity index is 0.000000490. The molecule has 0 saturated carbocycles. The molecule has 1 aliphatic carbocycles. The third kappa shape index (κ3) is 1.90. The minimum Gasteiger partial charge on any atom is -0.0805 e. The smallest absolute Gasteiger partial charge is 0 e. The molecular formula is C7H10Li. The van der Waals surface area contributed by atoms with Crippen LogP contribution in [0.5, 0.6) is 0 Å². The molecule has 0 fully saturated rings. The Labute approximate surface area is 62.8 Å². The van der Waals surface area contributed by atoms with Crippen LogP contribution in [0.2, 0.25) is 0 Å². The SMILES string of the molecule is CCC1=CC=CC1.[Li]. The first-order chi connectivity index (χ1) is 3.43. The van der Waals surface area contributed by atoms with Crippen LogP contribution in [0.3, 0.4) is 0 Å². The summed E-state index contributed by atoms with van der Waals surface area (Å²) in [6.07, 6.45) is 8.92. The Morgan fingerprint density at radius 1 is 1.62 bits per heavy atom. The molecule has 0 aliphatic heterocycles. The Morgan fingerprint density at radius 3 is 2.62 bits per heavy atom. The van der Waals surface area contributed by atoms with Crippen LogP contribution in [0.25, 0.3) is 0 Å². The molecule has 0 unspecified atom stereocenters.